The van der Waals surface area contributed by atoms with Gasteiger partial charge in [0.05, 0.1) is 19.4 Å². The number of hydrogen-bond donors (Lipinski definition) is 1. The average Bonchev–Trinajstić information content (AvgIpc) is 3.47. The largest absolute Gasteiger partial charge is 0.468 e. The lowest BCUT2D eigenvalue weighted by molar-refractivity contribution is 0.287. The number of halogens is 1. The highest BCUT2D eigenvalue weighted by Crippen LogP contribution is 2.19. The second kappa shape index (κ2) is 11.5. The topological polar surface area (TPSA) is 74.1 Å². The van der Waals surface area contributed by atoms with Crippen LogP contribution in [0.25, 0.3) is 0 Å². The Balaban J connectivity index is 0.00000272. The SMILES string of the molecule is CN(Cc1ccco1)Cc1ccccc1CN=C(N)N1CCN(c2nccs2)CC1.I. The maximum absolute atomic E-state index is 6.32. The molecule has 2 aromatic heterocycles. The summed E-state index contributed by atoms with van der Waals surface area (Å²) in [6, 6.07) is 12.3. The molecule has 0 unspecified atom stereocenters. The number of aromatic nitrogens is 1. The Kier molecular flexibility index (Phi) is 8.73. The summed E-state index contributed by atoms with van der Waals surface area (Å²) in [5.41, 5.74) is 8.79. The Hall–Kier alpha value is -2.11. The summed E-state index contributed by atoms with van der Waals surface area (Å²) in [6.45, 7) is 5.75. The van der Waals surface area contributed by atoms with Gasteiger partial charge in [-0.05, 0) is 30.3 Å². The summed E-state index contributed by atoms with van der Waals surface area (Å²) in [5.74, 6) is 1.58. The van der Waals surface area contributed by atoms with Crippen molar-refractivity contribution >= 4 is 46.4 Å². The van der Waals surface area contributed by atoms with Crippen LogP contribution < -0.4 is 10.6 Å². The van der Waals surface area contributed by atoms with Crippen molar-refractivity contribution in [2.75, 3.05) is 38.1 Å². The van der Waals surface area contributed by atoms with Crippen LogP contribution in [0.4, 0.5) is 5.13 Å². The normalized spacial score (nSPS) is 14.7. The number of furan rings is 1. The summed E-state index contributed by atoms with van der Waals surface area (Å²) in [4.78, 5) is 15.8. The van der Waals surface area contributed by atoms with E-state index in [1.807, 2.05) is 23.7 Å². The van der Waals surface area contributed by atoms with Crippen LogP contribution in [-0.2, 0) is 19.6 Å². The Bertz CT molecular complexity index is 939. The highest BCUT2D eigenvalue weighted by Gasteiger charge is 2.19. The van der Waals surface area contributed by atoms with E-state index >= 15 is 0 Å². The molecule has 1 aliphatic rings. The summed E-state index contributed by atoms with van der Waals surface area (Å²) in [6.07, 6.45) is 3.57. The molecule has 2 N–H and O–H groups in total. The monoisotopic (exact) mass is 552 g/mol. The van der Waals surface area contributed by atoms with Crippen molar-refractivity contribution in [2.45, 2.75) is 19.6 Å². The van der Waals surface area contributed by atoms with Crippen molar-refractivity contribution in [3.8, 4) is 0 Å². The van der Waals surface area contributed by atoms with E-state index in [1.165, 1.54) is 11.1 Å². The zero-order valence-corrected chi connectivity index (χ0v) is 20.8. The summed E-state index contributed by atoms with van der Waals surface area (Å²) >= 11 is 1.68. The summed E-state index contributed by atoms with van der Waals surface area (Å²) in [7, 11) is 2.10. The molecule has 166 valence electrons. The fourth-order valence-electron chi connectivity index (χ4n) is 3.65. The molecule has 1 aliphatic heterocycles. The molecule has 3 aromatic rings. The van der Waals surface area contributed by atoms with Crippen molar-refractivity contribution in [3.05, 3.63) is 71.1 Å². The molecule has 0 aliphatic carbocycles. The molecular formula is C22H29IN6OS. The number of nitrogens with two attached hydrogens (primary N) is 1. The molecule has 0 radical (unpaired) electrons. The number of anilines is 1. The highest BCUT2D eigenvalue weighted by atomic mass is 127. The van der Waals surface area contributed by atoms with E-state index in [4.69, 9.17) is 15.1 Å². The molecule has 0 saturated carbocycles. The Morgan fingerprint density at radius 2 is 1.90 bits per heavy atom. The maximum Gasteiger partial charge on any atom is 0.191 e. The van der Waals surface area contributed by atoms with Crippen molar-refractivity contribution in [1.29, 1.82) is 0 Å². The number of nitrogens with zero attached hydrogens (tertiary/aromatic N) is 5. The van der Waals surface area contributed by atoms with Crippen LogP contribution in [0.5, 0.6) is 0 Å². The van der Waals surface area contributed by atoms with E-state index < -0.39 is 0 Å². The molecule has 7 nitrogen and oxygen atoms in total. The van der Waals surface area contributed by atoms with Gasteiger partial charge in [-0.3, -0.25) is 4.90 Å². The number of guanidine groups is 1. The van der Waals surface area contributed by atoms with Crippen LogP contribution in [0, 0.1) is 0 Å². The van der Waals surface area contributed by atoms with Crippen LogP contribution >= 0.6 is 35.3 Å². The van der Waals surface area contributed by atoms with Crippen molar-refractivity contribution in [1.82, 2.24) is 14.8 Å². The lowest BCUT2D eigenvalue weighted by atomic mass is 10.1. The fraction of sp³-hybridized carbons (Fsp3) is 0.364. The van der Waals surface area contributed by atoms with Gasteiger partial charge >= 0.3 is 0 Å². The summed E-state index contributed by atoms with van der Waals surface area (Å²) in [5, 5.41) is 3.10. The van der Waals surface area contributed by atoms with Gasteiger partial charge in [-0.25, -0.2) is 9.98 Å². The third kappa shape index (κ3) is 6.44. The van der Waals surface area contributed by atoms with E-state index in [0.29, 0.717) is 12.5 Å². The molecule has 0 atom stereocenters. The van der Waals surface area contributed by atoms with E-state index in [0.717, 1.165) is 50.2 Å². The molecule has 1 saturated heterocycles. The van der Waals surface area contributed by atoms with Gasteiger partial charge in [0.15, 0.2) is 11.1 Å². The Morgan fingerprint density at radius 3 is 2.58 bits per heavy atom. The first kappa shape index (κ1) is 23.6. The highest BCUT2D eigenvalue weighted by molar-refractivity contribution is 14.0. The third-order valence-corrected chi connectivity index (χ3v) is 6.10. The van der Waals surface area contributed by atoms with Gasteiger partial charge in [-0.1, -0.05) is 24.3 Å². The standard InChI is InChI=1S/C22H28N6OS.HI/c1-26(17-20-7-4-13-29-20)16-19-6-3-2-5-18(19)15-25-21(23)27-9-11-28(12-10-27)22-24-8-14-30-22;/h2-8,13-14H,9-12,15-17H2,1H3,(H2,23,25);1H. The van der Waals surface area contributed by atoms with Crippen LogP contribution in [0.2, 0.25) is 0 Å². The van der Waals surface area contributed by atoms with Crippen LogP contribution in [0.1, 0.15) is 16.9 Å². The van der Waals surface area contributed by atoms with Gasteiger partial charge in [0.1, 0.15) is 5.76 Å². The predicted molar refractivity (Wildman–Crippen MR) is 137 cm³/mol. The first-order valence-corrected chi connectivity index (χ1v) is 11.0. The average molecular weight is 552 g/mol. The molecule has 1 aromatic carbocycles. The predicted octanol–water partition coefficient (Wildman–Crippen LogP) is 3.62. The summed E-state index contributed by atoms with van der Waals surface area (Å²) < 4.78 is 5.46. The molecule has 4 rings (SSSR count). The molecule has 31 heavy (non-hydrogen) atoms. The molecule has 0 bridgehead atoms. The van der Waals surface area contributed by atoms with Gasteiger partial charge < -0.3 is 20.0 Å². The zero-order chi connectivity index (χ0) is 20.8. The van der Waals surface area contributed by atoms with Gasteiger partial charge in [0.2, 0.25) is 0 Å². The smallest absolute Gasteiger partial charge is 0.191 e. The second-order valence-electron chi connectivity index (χ2n) is 7.48. The van der Waals surface area contributed by atoms with Crippen LogP contribution in [0.3, 0.4) is 0 Å². The number of benzene rings is 1. The second-order valence-corrected chi connectivity index (χ2v) is 8.36. The van der Waals surface area contributed by atoms with Crippen molar-refractivity contribution in [3.63, 3.8) is 0 Å². The number of aliphatic imine (C=N–C) groups is 1. The number of piperazine rings is 1. The van der Waals surface area contributed by atoms with Gasteiger partial charge in [-0.15, -0.1) is 35.3 Å². The first-order chi connectivity index (χ1) is 14.7. The molecule has 1 fully saturated rings. The van der Waals surface area contributed by atoms with E-state index in [-0.39, 0.29) is 24.0 Å². The lowest BCUT2D eigenvalue weighted by Crippen LogP contribution is -2.51. The molecule has 0 amide bonds. The van der Waals surface area contributed by atoms with Gasteiger partial charge in [-0.2, -0.15) is 0 Å². The van der Waals surface area contributed by atoms with Crippen LogP contribution in [0.15, 0.2) is 63.6 Å². The van der Waals surface area contributed by atoms with E-state index in [1.54, 1.807) is 17.6 Å². The van der Waals surface area contributed by atoms with Crippen molar-refractivity contribution < 1.29 is 4.42 Å². The number of hydrogen-bond acceptors (Lipinski definition) is 6. The minimum absolute atomic E-state index is 0. The Morgan fingerprint density at radius 1 is 1.13 bits per heavy atom. The Labute approximate surface area is 204 Å². The van der Waals surface area contributed by atoms with E-state index in [2.05, 4.69) is 51.0 Å². The van der Waals surface area contributed by atoms with Crippen molar-refractivity contribution in [2.24, 2.45) is 10.7 Å². The van der Waals surface area contributed by atoms with Crippen LogP contribution in [-0.4, -0.2) is 54.0 Å². The third-order valence-electron chi connectivity index (χ3n) is 5.27. The molecule has 0 spiro atoms. The fourth-order valence-corrected chi connectivity index (χ4v) is 4.34. The minimum Gasteiger partial charge on any atom is -0.468 e. The van der Waals surface area contributed by atoms with Gasteiger partial charge in [0.25, 0.3) is 0 Å². The molecular weight excluding hydrogens is 523 g/mol. The first-order valence-electron chi connectivity index (χ1n) is 10.2. The minimum atomic E-state index is 0. The molecule has 9 heteroatoms. The number of thiazole rings is 1. The molecule has 3 heterocycles. The number of rotatable bonds is 7. The maximum atomic E-state index is 6.32. The van der Waals surface area contributed by atoms with E-state index in [9.17, 15) is 0 Å². The quantitative estimate of drug-likeness (QED) is 0.274. The lowest BCUT2D eigenvalue weighted by Gasteiger charge is -2.35. The van der Waals surface area contributed by atoms with Gasteiger partial charge in [0, 0.05) is 44.3 Å². The zero-order valence-electron chi connectivity index (χ0n) is 17.7.